The van der Waals surface area contributed by atoms with Crippen molar-refractivity contribution in [2.75, 3.05) is 19.6 Å². The first-order valence-corrected chi connectivity index (χ1v) is 31.1. The third kappa shape index (κ3) is 21.1. The summed E-state index contributed by atoms with van der Waals surface area (Å²) in [6.45, 7) is 21.2. The minimum atomic E-state index is -0.702. The number of alkyl carbamates (subject to hydrolysis) is 1. The lowest BCUT2D eigenvalue weighted by Crippen LogP contribution is -2.44. The Bertz CT molecular complexity index is 2770. The first kappa shape index (κ1) is 64.3. The molecular formula is C69H97N7O7. The Hall–Kier alpha value is -6.28. The van der Waals surface area contributed by atoms with E-state index in [2.05, 4.69) is 56.6 Å². The quantitative estimate of drug-likeness (QED) is 0.0714. The van der Waals surface area contributed by atoms with E-state index in [1.807, 2.05) is 94.1 Å². The topological polar surface area (TPSA) is 175 Å². The largest absolute Gasteiger partial charge is 0.459 e. The minimum absolute atomic E-state index is 0.156. The van der Waals surface area contributed by atoms with E-state index >= 15 is 0 Å². The SMILES string of the molecule is CCC1CCC(C2CC=C(c3cnc(-c4ccc(CN(CC(=O)OC(C)(C)C)C(=O)CNC(=O)OC(C)(C)C)cc4)nc3)CC2)CC1.CCC1CCC(C2CC=C(c3cnc(-c4ccc(CNCC(=O)OC(C)(C)C)cc4)nc3)CC2)CC1. The molecule has 2 aromatic carbocycles. The molecule has 4 aromatic rings. The smallest absolute Gasteiger partial charge is 0.408 e. The van der Waals surface area contributed by atoms with E-state index in [4.69, 9.17) is 14.2 Å². The fourth-order valence-corrected chi connectivity index (χ4v) is 12.3. The van der Waals surface area contributed by atoms with Crippen LogP contribution >= 0.6 is 0 Å². The van der Waals surface area contributed by atoms with Gasteiger partial charge >= 0.3 is 18.0 Å². The van der Waals surface area contributed by atoms with Crippen LogP contribution in [0.3, 0.4) is 0 Å². The molecule has 14 heteroatoms. The molecule has 0 saturated heterocycles. The van der Waals surface area contributed by atoms with Gasteiger partial charge in [0.05, 0.1) is 6.54 Å². The number of benzene rings is 2. The Morgan fingerprint density at radius 3 is 1.33 bits per heavy atom. The summed E-state index contributed by atoms with van der Waals surface area (Å²) in [5, 5.41) is 5.62. The van der Waals surface area contributed by atoms with Gasteiger partial charge in [0.2, 0.25) is 5.91 Å². The van der Waals surface area contributed by atoms with Crippen molar-refractivity contribution < 1.29 is 33.4 Å². The molecule has 8 rings (SSSR count). The van der Waals surface area contributed by atoms with E-state index in [0.717, 1.165) is 94.0 Å². The van der Waals surface area contributed by atoms with Crippen LogP contribution in [0.2, 0.25) is 0 Å². The maximum atomic E-state index is 13.1. The highest BCUT2D eigenvalue weighted by Gasteiger charge is 2.31. The van der Waals surface area contributed by atoms with E-state index in [9.17, 15) is 19.2 Å². The molecule has 4 aliphatic carbocycles. The molecule has 2 atom stereocenters. The molecule has 14 nitrogen and oxygen atoms in total. The van der Waals surface area contributed by atoms with Crippen molar-refractivity contribution in [3.63, 3.8) is 0 Å². The molecule has 2 saturated carbocycles. The predicted octanol–water partition coefficient (Wildman–Crippen LogP) is 14.7. The summed E-state index contributed by atoms with van der Waals surface area (Å²) >= 11 is 0. The number of carbonyl (C=O) groups is 4. The highest BCUT2D eigenvalue weighted by Crippen LogP contribution is 2.43. The summed E-state index contributed by atoms with van der Waals surface area (Å²) < 4.78 is 16.0. The Labute approximate surface area is 496 Å². The van der Waals surface area contributed by atoms with Crippen LogP contribution in [-0.4, -0.2) is 85.2 Å². The molecule has 0 aliphatic heterocycles. The van der Waals surface area contributed by atoms with Gasteiger partial charge in [0.15, 0.2) is 11.6 Å². The van der Waals surface area contributed by atoms with Crippen molar-refractivity contribution in [3.8, 4) is 22.8 Å². The lowest BCUT2D eigenvalue weighted by molar-refractivity contribution is -0.159. The minimum Gasteiger partial charge on any atom is -0.459 e. The number of esters is 2. The average molecular weight is 1140 g/mol. The van der Waals surface area contributed by atoms with Gasteiger partial charge in [-0.15, -0.1) is 0 Å². The first-order chi connectivity index (χ1) is 39.5. The van der Waals surface area contributed by atoms with E-state index < -0.39 is 34.8 Å². The fourth-order valence-electron chi connectivity index (χ4n) is 12.3. The van der Waals surface area contributed by atoms with Gasteiger partial charge in [0.1, 0.15) is 29.9 Å². The monoisotopic (exact) mass is 1140 g/mol. The van der Waals surface area contributed by atoms with E-state index in [1.54, 1.807) is 41.5 Å². The number of allylic oxidation sites excluding steroid dienone is 4. The van der Waals surface area contributed by atoms with Crippen molar-refractivity contribution in [2.24, 2.45) is 35.5 Å². The molecular weight excluding hydrogens is 1040 g/mol. The van der Waals surface area contributed by atoms with E-state index in [-0.39, 0.29) is 32.1 Å². The van der Waals surface area contributed by atoms with Crippen LogP contribution in [0.4, 0.5) is 4.79 Å². The molecule has 0 bridgehead atoms. The molecule has 2 N–H and O–H groups in total. The maximum Gasteiger partial charge on any atom is 0.408 e. The molecule has 450 valence electrons. The second-order valence-electron chi connectivity index (χ2n) is 26.8. The van der Waals surface area contributed by atoms with Crippen LogP contribution in [0.15, 0.2) is 85.5 Å². The normalized spacial score (nSPS) is 21.2. The van der Waals surface area contributed by atoms with Gasteiger partial charge in [-0.3, -0.25) is 14.4 Å². The number of amides is 2. The van der Waals surface area contributed by atoms with Gasteiger partial charge in [0, 0.05) is 60.1 Å². The Balaban J connectivity index is 0.000000247. The summed E-state index contributed by atoms with van der Waals surface area (Å²) in [5.74, 6) is 5.58. The third-order valence-corrected chi connectivity index (χ3v) is 16.9. The summed E-state index contributed by atoms with van der Waals surface area (Å²) in [7, 11) is 0. The molecule has 2 unspecified atom stereocenters. The standard InChI is InChI=1S/C38H54N4O5.C31H43N3O2/c1-8-26-9-13-28(14-10-26)29-17-19-30(20-18-29)32-21-39-35(40-22-32)31-15-11-27(12-16-31)24-42(25-34(44)46-37(2,3)4)33(43)23-41-36(45)47-38(5,6)7;1-5-22-6-10-24(11-7-22)25-14-16-26(17-15-25)28-19-33-30(34-20-28)27-12-8-23(9-13-27)18-32-21-29(35)36-31(2,3)4/h11-12,15-16,19,21-22,26,28-29H,8-10,13-14,17-18,20,23-25H2,1-7H3,(H,41,45);8-9,12-13,16,19-20,22,24-25,32H,5-7,10-11,14-15,17-18,21H2,1-4H3. The zero-order chi connectivity index (χ0) is 59.7. The van der Waals surface area contributed by atoms with Crippen molar-refractivity contribution in [3.05, 3.63) is 108 Å². The highest BCUT2D eigenvalue weighted by atomic mass is 16.6. The highest BCUT2D eigenvalue weighted by molar-refractivity contribution is 5.86. The summed E-state index contributed by atoms with van der Waals surface area (Å²) in [6.07, 6.45) is 33.2. The number of aromatic nitrogens is 4. The van der Waals surface area contributed by atoms with Gasteiger partial charge in [-0.25, -0.2) is 24.7 Å². The van der Waals surface area contributed by atoms with Crippen LogP contribution in [0.1, 0.15) is 201 Å². The van der Waals surface area contributed by atoms with Gasteiger partial charge in [-0.2, -0.15) is 0 Å². The Morgan fingerprint density at radius 2 is 0.928 bits per heavy atom. The Kier molecular flexibility index (Phi) is 23.2. The van der Waals surface area contributed by atoms with Crippen LogP contribution in [0.5, 0.6) is 0 Å². The molecule has 2 fully saturated rings. The number of ether oxygens (including phenoxy) is 3. The van der Waals surface area contributed by atoms with Gasteiger partial charge < -0.3 is 29.7 Å². The lowest BCUT2D eigenvalue weighted by Gasteiger charge is -2.35. The van der Waals surface area contributed by atoms with Crippen LogP contribution < -0.4 is 10.6 Å². The summed E-state index contributed by atoms with van der Waals surface area (Å²) in [6, 6.07) is 15.8. The first-order valence-electron chi connectivity index (χ1n) is 31.1. The number of hydrogen-bond acceptors (Lipinski definition) is 12. The third-order valence-electron chi connectivity index (χ3n) is 16.9. The van der Waals surface area contributed by atoms with Crippen molar-refractivity contribution in [1.29, 1.82) is 0 Å². The number of hydrogen-bond donors (Lipinski definition) is 2. The molecule has 2 aromatic heterocycles. The average Bonchev–Trinajstić information content (AvgIpc) is 3.59. The van der Waals surface area contributed by atoms with Crippen LogP contribution in [-0.2, 0) is 41.7 Å². The second-order valence-corrected chi connectivity index (χ2v) is 26.8. The molecule has 0 radical (unpaired) electrons. The van der Waals surface area contributed by atoms with Gasteiger partial charge in [-0.1, -0.05) is 113 Å². The molecule has 83 heavy (non-hydrogen) atoms. The number of carbonyl (C=O) groups excluding carboxylic acids is 4. The van der Waals surface area contributed by atoms with Crippen LogP contribution in [0, 0.1) is 35.5 Å². The summed E-state index contributed by atoms with van der Waals surface area (Å²) in [5.41, 5.74) is 6.93. The van der Waals surface area contributed by atoms with Gasteiger partial charge in [-0.05, 0) is 184 Å². The van der Waals surface area contributed by atoms with E-state index in [1.165, 1.54) is 99.5 Å². The lowest BCUT2D eigenvalue weighted by atomic mass is 9.71. The summed E-state index contributed by atoms with van der Waals surface area (Å²) in [4.78, 5) is 69.8. The second kappa shape index (κ2) is 30.0. The number of nitrogens with one attached hydrogen (secondary N) is 2. The van der Waals surface area contributed by atoms with Crippen molar-refractivity contribution >= 4 is 35.1 Å². The van der Waals surface area contributed by atoms with E-state index in [0.29, 0.717) is 12.4 Å². The van der Waals surface area contributed by atoms with Crippen LogP contribution in [0.25, 0.3) is 33.9 Å². The zero-order valence-electron chi connectivity index (χ0n) is 52.0. The predicted molar refractivity (Wildman–Crippen MR) is 330 cm³/mol. The maximum absolute atomic E-state index is 13.1. The van der Waals surface area contributed by atoms with Gasteiger partial charge in [0.25, 0.3) is 0 Å². The fraction of sp³-hybridized carbons (Fsp3) is 0.594. The molecule has 2 heterocycles. The molecule has 4 aliphatic rings. The van der Waals surface area contributed by atoms with Crippen molar-refractivity contribution in [2.45, 2.75) is 209 Å². The molecule has 2 amide bonds. The molecule has 0 spiro atoms. The number of rotatable bonds is 18. The number of nitrogens with zero attached hydrogens (tertiary/aromatic N) is 5. The zero-order valence-corrected chi connectivity index (χ0v) is 52.0. The Morgan fingerprint density at radius 1 is 0.506 bits per heavy atom. The van der Waals surface area contributed by atoms with Crippen molar-refractivity contribution in [1.82, 2.24) is 35.5 Å².